The van der Waals surface area contributed by atoms with Crippen LogP contribution in [0.1, 0.15) is 38.6 Å². The second kappa shape index (κ2) is 10.7. The van der Waals surface area contributed by atoms with Gasteiger partial charge in [0.05, 0.1) is 5.75 Å². The van der Waals surface area contributed by atoms with E-state index >= 15 is 0 Å². The van der Waals surface area contributed by atoms with Crippen LogP contribution in [0.5, 0.6) is 5.75 Å². The molecule has 1 amide bonds. The van der Waals surface area contributed by atoms with Crippen molar-refractivity contribution in [1.29, 1.82) is 0 Å². The number of amides is 1. The van der Waals surface area contributed by atoms with Gasteiger partial charge in [0.25, 0.3) is 0 Å². The molecule has 1 saturated carbocycles. The van der Waals surface area contributed by atoms with E-state index in [0.717, 1.165) is 30.7 Å². The maximum Gasteiger partial charge on any atom is 0.387 e. The van der Waals surface area contributed by atoms with Crippen LogP contribution >= 0.6 is 11.8 Å². The summed E-state index contributed by atoms with van der Waals surface area (Å²) < 4.78 is 31.1. The Morgan fingerprint density at radius 1 is 1.21 bits per heavy atom. The molecule has 0 unspecified atom stereocenters. The zero-order valence-electron chi connectivity index (χ0n) is 18.2. The number of anilines is 1. The zero-order valence-corrected chi connectivity index (χ0v) is 19.0. The molecule has 0 radical (unpaired) electrons. The highest BCUT2D eigenvalue weighted by molar-refractivity contribution is 7.99. The number of pyridine rings is 1. The number of carbonyl (C=O) groups excluding carboxylic acids is 1. The predicted molar refractivity (Wildman–Crippen MR) is 122 cm³/mol. The summed E-state index contributed by atoms with van der Waals surface area (Å²) in [5, 5.41) is 12.3. The molecule has 3 aromatic rings. The Kier molecular flexibility index (Phi) is 7.54. The third-order valence-electron chi connectivity index (χ3n) is 5.68. The molecule has 1 fully saturated rings. The topological polar surface area (TPSA) is 81.9 Å². The summed E-state index contributed by atoms with van der Waals surface area (Å²) in [4.78, 5) is 16.7. The van der Waals surface area contributed by atoms with Gasteiger partial charge in [-0.25, -0.2) is 0 Å². The first-order valence-electron chi connectivity index (χ1n) is 10.8. The lowest BCUT2D eigenvalue weighted by Crippen LogP contribution is -2.23. The minimum Gasteiger partial charge on any atom is -0.435 e. The molecule has 1 aromatic carbocycles. The molecule has 0 aliphatic heterocycles. The molecule has 2 atom stereocenters. The van der Waals surface area contributed by atoms with Gasteiger partial charge >= 0.3 is 6.61 Å². The number of halogens is 2. The molecule has 2 heterocycles. The van der Waals surface area contributed by atoms with E-state index < -0.39 is 6.61 Å². The van der Waals surface area contributed by atoms with E-state index in [4.69, 9.17) is 0 Å². The summed E-state index contributed by atoms with van der Waals surface area (Å²) in [6.45, 7) is -0.637. The summed E-state index contributed by atoms with van der Waals surface area (Å²) >= 11 is 1.33. The fourth-order valence-electron chi connectivity index (χ4n) is 4.09. The smallest absolute Gasteiger partial charge is 0.387 e. The van der Waals surface area contributed by atoms with Crippen molar-refractivity contribution in [3.8, 4) is 17.1 Å². The number of thioether (sulfide) groups is 1. The lowest BCUT2D eigenvalue weighted by Gasteiger charge is -2.31. The normalized spacial score (nSPS) is 18.3. The quantitative estimate of drug-likeness (QED) is 0.440. The van der Waals surface area contributed by atoms with Crippen molar-refractivity contribution in [2.45, 2.75) is 50.4 Å². The molecule has 0 saturated heterocycles. The van der Waals surface area contributed by atoms with Crippen LogP contribution in [0.25, 0.3) is 11.4 Å². The molecule has 0 bridgehead atoms. The second-order valence-corrected chi connectivity index (χ2v) is 8.93. The molecule has 4 rings (SSSR count). The van der Waals surface area contributed by atoms with Crippen LogP contribution < -0.4 is 10.1 Å². The van der Waals surface area contributed by atoms with Gasteiger partial charge in [-0.15, -0.1) is 10.2 Å². The summed E-state index contributed by atoms with van der Waals surface area (Å²) in [6, 6.07) is 9.91. The molecule has 1 N–H and O–H groups in total. The molecule has 174 valence electrons. The van der Waals surface area contributed by atoms with Crippen LogP contribution in [0, 0.1) is 5.92 Å². The highest BCUT2D eigenvalue weighted by Gasteiger charge is 2.29. The molecule has 2 aromatic heterocycles. The van der Waals surface area contributed by atoms with Gasteiger partial charge in [-0.1, -0.05) is 31.5 Å². The first-order valence-corrected chi connectivity index (χ1v) is 11.8. The number of benzene rings is 1. The lowest BCUT2D eigenvalue weighted by molar-refractivity contribution is -0.113. The molecule has 33 heavy (non-hydrogen) atoms. The van der Waals surface area contributed by atoms with Crippen LogP contribution in [-0.4, -0.2) is 38.0 Å². The van der Waals surface area contributed by atoms with Crippen molar-refractivity contribution in [2.24, 2.45) is 5.92 Å². The molecule has 1 aliphatic rings. The Labute approximate surface area is 195 Å². The third kappa shape index (κ3) is 5.87. The van der Waals surface area contributed by atoms with E-state index in [2.05, 4.69) is 36.7 Å². The van der Waals surface area contributed by atoms with Crippen molar-refractivity contribution >= 4 is 23.4 Å². The zero-order chi connectivity index (χ0) is 23.2. The van der Waals surface area contributed by atoms with Crippen LogP contribution in [0.2, 0.25) is 0 Å². The van der Waals surface area contributed by atoms with Gasteiger partial charge in [0.1, 0.15) is 5.75 Å². The van der Waals surface area contributed by atoms with Crippen LogP contribution in [0.3, 0.4) is 0 Å². The number of hydrogen-bond donors (Lipinski definition) is 1. The summed E-state index contributed by atoms with van der Waals surface area (Å²) in [6.07, 6.45) is 8.05. The van der Waals surface area contributed by atoms with E-state index in [1.54, 1.807) is 12.4 Å². The number of hydrogen-bond acceptors (Lipinski definition) is 6. The third-order valence-corrected chi connectivity index (χ3v) is 6.62. The highest BCUT2D eigenvalue weighted by Crippen LogP contribution is 2.38. The highest BCUT2D eigenvalue weighted by atomic mass is 32.2. The van der Waals surface area contributed by atoms with Gasteiger partial charge in [-0.05, 0) is 55.2 Å². The van der Waals surface area contributed by atoms with Crippen LogP contribution in [-0.2, 0) is 4.79 Å². The number of carbonyl (C=O) groups is 1. The van der Waals surface area contributed by atoms with Gasteiger partial charge in [0.2, 0.25) is 5.91 Å². The Bertz CT molecular complexity index is 1060. The van der Waals surface area contributed by atoms with Gasteiger partial charge in [0, 0.05) is 29.7 Å². The van der Waals surface area contributed by atoms with Gasteiger partial charge in [0.15, 0.2) is 11.0 Å². The van der Waals surface area contributed by atoms with Crippen molar-refractivity contribution in [3.05, 3.63) is 48.8 Å². The maximum atomic E-state index is 12.5. The van der Waals surface area contributed by atoms with Crippen molar-refractivity contribution < 1.29 is 18.3 Å². The van der Waals surface area contributed by atoms with Crippen molar-refractivity contribution in [2.75, 3.05) is 11.1 Å². The molecule has 7 nitrogen and oxygen atoms in total. The average molecular weight is 474 g/mol. The van der Waals surface area contributed by atoms with Gasteiger partial charge in [-0.3, -0.25) is 14.3 Å². The second-order valence-electron chi connectivity index (χ2n) is 7.99. The van der Waals surface area contributed by atoms with Gasteiger partial charge < -0.3 is 10.1 Å². The first kappa shape index (κ1) is 23.2. The number of alkyl halides is 2. The predicted octanol–water partition coefficient (Wildman–Crippen LogP) is 5.42. The van der Waals surface area contributed by atoms with Crippen molar-refractivity contribution in [1.82, 2.24) is 19.7 Å². The average Bonchev–Trinajstić information content (AvgIpc) is 3.23. The van der Waals surface area contributed by atoms with E-state index in [9.17, 15) is 13.6 Å². The fourth-order valence-corrected chi connectivity index (χ4v) is 4.89. The monoisotopic (exact) mass is 473 g/mol. The van der Waals surface area contributed by atoms with Crippen LogP contribution in [0.15, 0.2) is 53.9 Å². The Morgan fingerprint density at radius 3 is 2.70 bits per heavy atom. The fraction of sp³-hybridized carbons (Fsp3) is 0.391. The standard InChI is InChI=1S/C23H25F2N5O2S/c1-15-5-2-3-7-19(15)30-21(16-6-4-12-26-13-16)28-29-23(30)33-14-20(31)27-17-8-10-18(11-9-17)32-22(24)25/h4,6,8-13,15,19,22H,2-3,5,7,14H2,1H3,(H,27,31)/t15-,19+/m0/s1. The first-order chi connectivity index (χ1) is 16.0. The van der Waals surface area contributed by atoms with E-state index in [1.165, 1.54) is 42.4 Å². The van der Waals surface area contributed by atoms with Gasteiger partial charge in [-0.2, -0.15) is 8.78 Å². The number of aromatic nitrogens is 4. The SMILES string of the molecule is C[C@H]1CCCC[C@H]1n1c(SCC(=O)Nc2ccc(OC(F)F)cc2)nnc1-c1cccnc1. The van der Waals surface area contributed by atoms with E-state index in [-0.39, 0.29) is 23.5 Å². The summed E-state index contributed by atoms with van der Waals surface area (Å²) in [5.41, 5.74) is 1.39. The Hall–Kier alpha value is -3.01. The summed E-state index contributed by atoms with van der Waals surface area (Å²) in [5.74, 6) is 1.19. The number of nitrogens with zero attached hydrogens (tertiary/aromatic N) is 4. The largest absolute Gasteiger partial charge is 0.435 e. The molecular weight excluding hydrogens is 448 g/mol. The van der Waals surface area contributed by atoms with E-state index in [0.29, 0.717) is 16.8 Å². The molecule has 0 spiro atoms. The van der Waals surface area contributed by atoms with E-state index in [1.807, 2.05) is 12.1 Å². The lowest BCUT2D eigenvalue weighted by atomic mass is 9.85. The Balaban J connectivity index is 1.47. The molecule has 10 heteroatoms. The number of ether oxygens (including phenoxy) is 1. The number of nitrogens with one attached hydrogen (secondary N) is 1. The Morgan fingerprint density at radius 2 is 2.00 bits per heavy atom. The number of rotatable bonds is 8. The summed E-state index contributed by atoms with van der Waals surface area (Å²) in [7, 11) is 0. The molecule has 1 aliphatic carbocycles. The minimum absolute atomic E-state index is 0.0370. The maximum absolute atomic E-state index is 12.5. The molecular formula is C23H25F2N5O2S. The van der Waals surface area contributed by atoms with Crippen molar-refractivity contribution in [3.63, 3.8) is 0 Å². The van der Waals surface area contributed by atoms with Crippen LogP contribution in [0.4, 0.5) is 14.5 Å². The minimum atomic E-state index is -2.89.